The van der Waals surface area contributed by atoms with E-state index in [-0.39, 0.29) is 0 Å². The van der Waals surface area contributed by atoms with Gasteiger partial charge in [0.15, 0.2) is 0 Å². The topological polar surface area (TPSA) is 20.3 Å². The maximum atomic E-state index is 10.8. The number of hydrogen-bond donors (Lipinski definition) is 0. The van der Waals surface area contributed by atoms with Crippen LogP contribution in [0, 0.1) is 0 Å². The molecule has 0 aliphatic rings. The zero-order chi connectivity index (χ0) is 15.6. The first kappa shape index (κ1) is 20.6. The minimum Gasteiger partial charge on any atom is -0.302 e. The van der Waals surface area contributed by atoms with Crippen molar-refractivity contribution in [3.8, 4) is 0 Å². The van der Waals surface area contributed by atoms with Crippen LogP contribution in [0.3, 0.4) is 0 Å². The van der Waals surface area contributed by atoms with Gasteiger partial charge < -0.3 is 4.79 Å². The van der Waals surface area contributed by atoms with Crippen molar-refractivity contribution in [1.82, 2.24) is 4.90 Å². The van der Waals surface area contributed by atoms with Gasteiger partial charge in [0.1, 0.15) is 6.29 Å². The molecule has 0 aromatic heterocycles. The summed E-state index contributed by atoms with van der Waals surface area (Å²) >= 11 is 0. The van der Waals surface area contributed by atoms with Gasteiger partial charge in [0.05, 0.1) is 6.54 Å². The van der Waals surface area contributed by atoms with Gasteiger partial charge >= 0.3 is 0 Å². The fourth-order valence-corrected chi connectivity index (χ4v) is 2.81. The monoisotopic (exact) mass is 297 g/mol. The smallest absolute Gasteiger partial charge is 0.133 e. The Labute approximate surface area is 133 Å². The first-order chi connectivity index (χ1) is 10.3. The third-order valence-electron chi connectivity index (χ3n) is 4.24. The zero-order valence-electron chi connectivity index (χ0n) is 14.7. The highest BCUT2D eigenvalue weighted by Gasteiger charge is 2.03. The number of nitrogens with zero attached hydrogens (tertiary/aromatic N) is 1. The van der Waals surface area contributed by atoms with Crippen molar-refractivity contribution in [2.75, 3.05) is 19.6 Å². The Morgan fingerprint density at radius 1 is 0.619 bits per heavy atom. The molecule has 2 nitrogen and oxygen atoms in total. The van der Waals surface area contributed by atoms with Gasteiger partial charge in [-0.2, -0.15) is 0 Å². The minimum absolute atomic E-state index is 0.630. The molecule has 0 bridgehead atoms. The molecule has 0 spiro atoms. The summed E-state index contributed by atoms with van der Waals surface area (Å²) in [4.78, 5) is 13.1. The second-order valence-electron chi connectivity index (χ2n) is 6.36. The second-order valence-corrected chi connectivity index (χ2v) is 6.36. The molecule has 0 unspecified atom stereocenters. The van der Waals surface area contributed by atoms with E-state index in [9.17, 15) is 4.79 Å². The van der Waals surface area contributed by atoms with E-state index >= 15 is 0 Å². The third kappa shape index (κ3) is 15.8. The van der Waals surface area contributed by atoms with Crippen molar-refractivity contribution in [2.45, 2.75) is 97.3 Å². The van der Waals surface area contributed by atoms with Crippen LogP contribution in [0.4, 0.5) is 0 Å². The van der Waals surface area contributed by atoms with Crippen LogP contribution in [0.2, 0.25) is 0 Å². The van der Waals surface area contributed by atoms with Gasteiger partial charge in [-0.25, -0.2) is 0 Å². The van der Waals surface area contributed by atoms with E-state index in [1.807, 2.05) is 0 Å². The molecule has 0 N–H and O–H groups in total. The van der Waals surface area contributed by atoms with Crippen LogP contribution in [0.5, 0.6) is 0 Å². The van der Waals surface area contributed by atoms with Gasteiger partial charge in [0.2, 0.25) is 0 Å². The molecule has 21 heavy (non-hydrogen) atoms. The lowest BCUT2D eigenvalue weighted by molar-refractivity contribution is -0.108. The van der Waals surface area contributed by atoms with E-state index in [1.54, 1.807) is 0 Å². The van der Waals surface area contributed by atoms with Crippen molar-refractivity contribution in [3.05, 3.63) is 0 Å². The van der Waals surface area contributed by atoms with Gasteiger partial charge in [0.25, 0.3) is 0 Å². The van der Waals surface area contributed by atoms with Crippen LogP contribution < -0.4 is 0 Å². The Balaban J connectivity index is 3.46. The van der Waals surface area contributed by atoms with Crippen molar-refractivity contribution >= 4 is 6.29 Å². The lowest BCUT2D eigenvalue weighted by Gasteiger charge is -2.19. The Morgan fingerprint density at radius 3 is 1.38 bits per heavy atom. The molecule has 2 heteroatoms. The van der Waals surface area contributed by atoms with Crippen molar-refractivity contribution < 1.29 is 4.79 Å². The summed E-state index contributed by atoms with van der Waals surface area (Å²) in [7, 11) is 0. The number of aldehydes is 1. The van der Waals surface area contributed by atoms with Crippen LogP contribution in [-0.4, -0.2) is 30.8 Å². The van der Waals surface area contributed by atoms with Gasteiger partial charge in [0, 0.05) is 0 Å². The summed E-state index contributed by atoms with van der Waals surface area (Å²) in [6.45, 7) is 7.38. The molecule has 0 saturated carbocycles. The number of hydrogen-bond acceptors (Lipinski definition) is 2. The van der Waals surface area contributed by atoms with Crippen LogP contribution >= 0.6 is 0 Å². The Morgan fingerprint density at radius 2 is 1.00 bits per heavy atom. The molecule has 0 atom stereocenters. The molecule has 0 aliphatic heterocycles. The highest BCUT2D eigenvalue weighted by molar-refractivity contribution is 5.51. The normalized spacial score (nSPS) is 11.2. The van der Waals surface area contributed by atoms with E-state index in [0.717, 1.165) is 19.4 Å². The molecule has 0 aliphatic carbocycles. The van der Waals surface area contributed by atoms with Gasteiger partial charge in [-0.3, -0.25) is 4.90 Å². The molecular formula is C19H39NO. The van der Waals surface area contributed by atoms with Crippen LogP contribution in [-0.2, 0) is 4.79 Å². The van der Waals surface area contributed by atoms with Crippen LogP contribution in [0.1, 0.15) is 97.3 Å². The second kappa shape index (κ2) is 17.7. The molecule has 126 valence electrons. The predicted molar refractivity (Wildman–Crippen MR) is 93.9 cm³/mol. The Kier molecular flexibility index (Phi) is 17.4. The largest absolute Gasteiger partial charge is 0.302 e. The molecule has 0 heterocycles. The summed E-state index contributed by atoms with van der Waals surface area (Å²) in [5.41, 5.74) is 0. The molecule has 0 radical (unpaired) electrons. The maximum Gasteiger partial charge on any atom is 0.133 e. The maximum absolute atomic E-state index is 10.8. The van der Waals surface area contributed by atoms with Gasteiger partial charge in [-0.15, -0.1) is 0 Å². The molecule has 0 aromatic rings. The summed E-state index contributed by atoms with van der Waals surface area (Å²) in [6, 6.07) is 0. The lowest BCUT2D eigenvalue weighted by atomic mass is 10.1. The Hall–Kier alpha value is -0.370. The zero-order valence-corrected chi connectivity index (χ0v) is 14.7. The molecule has 0 fully saturated rings. The predicted octanol–water partition coefficient (Wildman–Crippen LogP) is 5.60. The quantitative estimate of drug-likeness (QED) is 0.257. The molecule has 0 rings (SSSR count). The summed E-state index contributed by atoms with van der Waals surface area (Å²) in [6.07, 6.45) is 18.5. The van der Waals surface area contributed by atoms with E-state index in [0.29, 0.717) is 6.54 Å². The number of rotatable bonds is 17. The van der Waals surface area contributed by atoms with Gasteiger partial charge in [-0.1, -0.05) is 84.5 Å². The summed E-state index contributed by atoms with van der Waals surface area (Å²) in [5.74, 6) is 0. The molecular weight excluding hydrogens is 258 g/mol. The SMILES string of the molecule is CCCCCCCCCN(CC=O)CCCCCCCC. The Bertz CT molecular complexity index is 206. The highest BCUT2D eigenvalue weighted by atomic mass is 16.1. The number of carbonyl (C=O) groups is 1. The summed E-state index contributed by atoms with van der Waals surface area (Å²) < 4.78 is 0. The first-order valence-electron chi connectivity index (χ1n) is 9.51. The van der Waals surface area contributed by atoms with Gasteiger partial charge in [-0.05, 0) is 25.9 Å². The van der Waals surface area contributed by atoms with Crippen molar-refractivity contribution in [1.29, 1.82) is 0 Å². The van der Waals surface area contributed by atoms with Crippen LogP contribution in [0.15, 0.2) is 0 Å². The number of unbranched alkanes of at least 4 members (excludes halogenated alkanes) is 11. The van der Waals surface area contributed by atoms with E-state index in [2.05, 4.69) is 18.7 Å². The molecule has 0 amide bonds. The van der Waals surface area contributed by atoms with E-state index in [4.69, 9.17) is 0 Å². The third-order valence-corrected chi connectivity index (χ3v) is 4.24. The average Bonchev–Trinajstić information content (AvgIpc) is 2.49. The van der Waals surface area contributed by atoms with Crippen molar-refractivity contribution in [3.63, 3.8) is 0 Å². The fraction of sp³-hybridized carbons (Fsp3) is 0.947. The fourth-order valence-electron chi connectivity index (χ4n) is 2.81. The highest BCUT2D eigenvalue weighted by Crippen LogP contribution is 2.09. The first-order valence-corrected chi connectivity index (χ1v) is 9.51. The lowest BCUT2D eigenvalue weighted by Crippen LogP contribution is -2.28. The van der Waals surface area contributed by atoms with E-state index in [1.165, 1.54) is 83.5 Å². The average molecular weight is 298 g/mol. The van der Waals surface area contributed by atoms with Crippen LogP contribution in [0.25, 0.3) is 0 Å². The standard InChI is InChI=1S/C19H39NO/c1-3-5-7-9-11-13-15-17-20(18-19-21)16-14-12-10-8-6-4-2/h19H,3-18H2,1-2H3. The molecule has 0 aromatic carbocycles. The summed E-state index contributed by atoms with van der Waals surface area (Å²) in [5, 5.41) is 0. The van der Waals surface area contributed by atoms with E-state index < -0.39 is 0 Å². The molecule has 0 saturated heterocycles. The number of carbonyl (C=O) groups excluding carboxylic acids is 1. The minimum atomic E-state index is 0.630. The van der Waals surface area contributed by atoms with Crippen molar-refractivity contribution in [2.24, 2.45) is 0 Å².